The van der Waals surface area contributed by atoms with E-state index in [2.05, 4.69) is 5.10 Å². The largest absolute Gasteiger partial charge is 0.494 e. The maximum Gasteiger partial charge on any atom is 0.494 e. The Morgan fingerprint density at radius 1 is 1.15 bits per heavy atom. The number of benzene rings is 1. The third-order valence-electron chi connectivity index (χ3n) is 3.88. The lowest BCUT2D eigenvalue weighted by Crippen LogP contribution is -2.41. The summed E-state index contributed by atoms with van der Waals surface area (Å²) < 4.78 is 25.4. The molecule has 2 rings (SSSR count). The molecule has 1 heterocycles. The van der Waals surface area contributed by atoms with Gasteiger partial charge in [0.1, 0.15) is 11.7 Å². The van der Waals surface area contributed by atoms with Crippen LogP contribution in [0.2, 0.25) is 0 Å². The van der Waals surface area contributed by atoms with Gasteiger partial charge in [0.05, 0.1) is 11.2 Å². The van der Waals surface area contributed by atoms with Gasteiger partial charge >= 0.3 is 7.12 Å². The second kappa shape index (κ2) is 4.75. The fourth-order valence-corrected chi connectivity index (χ4v) is 1.95. The van der Waals surface area contributed by atoms with Crippen LogP contribution in [0.4, 0.5) is 4.39 Å². The van der Waals surface area contributed by atoms with Crippen LogP contribution in [0.3, 0.4) is 0 Å². The predicted molar refractivity (Wildman–Crippen MR) is 77.0 cm³/mol. The Kier molecular flexibility index (Phi) is 3.52. The first-order valence-corrected chi connectivity index (χ1v) is 6.36. The molecule has 0 aromatic heterocycles. The van der Waals surface area contributed by atoms with E-state index in [1.165, 1.54) is 12.1 Å². The van der Waals surface area contributed by atoms with Crippen molar-refractivity contribution in [3.05, 3.63) is 29.6 Å². The summed E-state index contributed by atoms with van der Waals surface area (Å²) in [6.45, 7) is 7.73. The predicted octanol–water partition coefficient (Wildman–Crippen LogP) is 0.704. The van der Waals surface area contributed by atoms with Crippen molar-refractivity contribution in [2.45, 2.75) is 38.9 Å². The van der Waals surface area contributed by atoms with Crippen LogP contribution in [0.25, 0.3) is 0 Å². The lowest BCUT2D eigenvalue weighted by molar-refractivity contribution is 0.00578. The Bertz CT molecular complexity index is 545. The van der Waals surface area contributed by atoms with E-state index >= 15 is 0 Å². The van der Waals surface area contributed by atoms with Gasteiger partial charge in [-0.25, -0.2) is 4.39 Å². The molecule has 0 unspecified atom stereocenters. The molecule has 4 N–H and O–H groups in total. The molecule has 1 saturated heterocycles. The summed E-state index contributed by atoms with van der Waals surface area (Å²) in [6, 6.07) is 4.28. The third kappa shape index (κ3) is 2.51. The second-order valence-corrected chi connectivity index (χ2v) is 5.88. The summed E-state index contributed by atoms with van der Waals surface area (Å²) in [5.41, 5.74) is 5.58. The molecule has 0 radical (unpaired) electrons. The molecule has 1 fully saturated rings. The molecule has 1 aliphatic heterocycles. The van der Waals surface area contributed by atoms with Crippen LogP contribution in [0.15, 0.2) is 23.3 Å². The number of amidine groups is 1. The SMILES string of the molecule is CC1(C)OB(c2cc(F)cc(C(N)=NN)c2)OC1(C)C. The van der Waals surface area contributed by atoms with E-state index in [-0.39, 0.29) is 5.84 Å². The lowest BCUT2D eigenvalue weighted by Gasteiger charge is -2.32. The van der Waals surface area contributed by atoms with Crippen LogP contribution < -0.4 is 17.0 Å². The summed E-state index contributed by atoms with van der Waals surface area (Å²) >= 11 is 0. The average Bonchev–Trinajstić information content (AvgIpc) is 2.57. The van der Waals surface area contributed by atoms with E-state index in [9.17, 15) is 4.39 Å². The van der Waals surface area contributed by atoms with E-state index in [0.29, 0.717) is 11.0 Å². The molecule has 0 saturated carbocycles. The maximum absolute atomic E-state index is 13.7. The summed E-state index contributed by atoms with van der Waals surface area (Å²) in [7, 11) is -0.653. The normalized spacial score (nSPS) is 21.2. The van der Waals surface area contributed by atoms with Crippen molar-refractivity contribution in [2.24, 2.45) is 16.7 Å². The number of halogens is 1. The molecule has 0 spiro atoms. The topological polar surface area (TPSA) is 82.9 Å². The minimum Gasteiger partial charge on any atom is -0.399 e. The highest BCUT2D eigenvalue weighted by atomic mass is 19.1. The number of hydrogen-bond donors (Lipinski definition) is 2. The van der Waals surface area contributed by atoms with Gasteiger partial charge in [0.25, 0.3) is 0 Å². The van der Waals surface area contributed by atoms with Gasteiger partial charge in [0, 0.05) is 5.56 Å². The Labute approximate surface area is 118 Å². The average molecular weight is 279 g/mol. The lowest BCUT2D eigenvalue weighted by atomic mass is 9.78. The van der Waals surface area contributed by atoms with Gasteiger partial charge in [-0.15, -0.1) is 0 Å². The number of nitrogens with two attached hydrogens (primary N) is 2. The second-order valence-electron chi connectivity index (χ2n) is 5.88. The van der Waals surface area contributed by atoms with Gasteiger partial charge in [0.15, 0.2) is 0 Å². The van der Waals surface area contributed by atoms with Crippen LogP contribution >= 0.6 is 0 Å². The van der Waals surface area contributed by atoms with Crippen molar-refractivity contribution in [3.8, 4) is 0 Å². The Morgan fingerprint density at radius 2 is 1.70 bits per heavy atom. The van der Waals surface area contributed by atoms with Crippen molar-refractivity contribution in [2.75, 3.05) is 0 Å². The van der Waals surface area contributed by atoms with E-state index in [4.69, 9.17) is 20.9 Å². The first-order chi connectivity index (χ1) is 9.16. The molecule has 0 bridgehead atoms. The van der Waals surface area contributed by atoms with Crippen LogP contribution in [0.5, 0.6) is 0 Å². The van der Waals surface area contributed by atoms with Crippen molar-refractivity contribution >= 4 is 18.4 Å². The molecule has 0 atom stereocenters. The van der Waals surface area contributed by atoms with Crippen LogP contribution in [0.1, 0.15) is 33.3 Å². The zero-order chi connectivity index (χ0) is 15.1. The molecule has 1 aromatic rings. The quantitative estimate of drug-likeness (QED) is 0.274. The molecule has 20 heavy (non-hydrogen) atoms. The summed E-state index contributed by atoms with van der Waals surface area (Å²) in [4.78, 5) is 0. The number of hydrogen-bond acceptors (Lipinski definition) is 4. The number of rotatable bonds is 2. The molecule has 108 valence electrons. The van der Waals surface area contributed by atoms with Crippen molar-refractivity contribution < 1.29 is 13.7 Å². The molecule has 5 nitrogen and oxygen atoms in total. The van der Waals surface area contributed by atoms with Crippen molar-refractivity contribution in [3.63, 3.8) is 0 Å². The van der Waals surface area contributed by atoms with E-state index in [1.807, 2.05) is 27.7 Å². The first kappa shape index (κ1) is 14.8. The molecule has 0 aliphatic carbocycles. The molecular weight excluding hydrogens is 260 g/mol. The highest BCUT2D eigenvalue weighted by Crippen LogP contribution is 2.36. The number of nitrogens with zero attached hydrogens (tertiary/aromatic N) is 1. The highest BCUT2D eigenvalue weighted by molar-refractivity contribution is 6.62. The molecule has 7 heteroatoms. The highest BCUT2D eigenvalue weighted by Gasteiger charge is 2.51. The smallest absolute Gasteiger partial charge is 0.399 e. The summed E-state index contributed by atoms with van der Waals surface area (Å²) in [6.07, 6.45) is 0. The number of hydrazone groups is 1. The van der Waals surface area contributed by atoms with Crippen LogP contribution in [-0.4, -0.2) is 24.2 Å². The van der Waals surface area contributed by atoms with Gasteiger partial charge in [-0.2, -0.15) is 5.10 Å². The molecule has 1 aromatic carbocycles. The third-order valence-corrected chi connectivity index (χ3v) is 3.88. The Balaban J connectivity index is 2.38. The molecule has 1 aliphatic rings. The van der Waals surface area contributed by atoms with Gasteiger partial charge in [-0.05, 0) is 45.3 Å². The minimum absolute atomic E-state index is 0.0577. The zero-order valence-corrected chi connectivity index (χ0v) is 12.1. The minimum atomic E-state index is -0.653. The van der Waals surface area contributed by atoms with Crippen molar-refractivity contribution in [1.82, 2.24) is 0 Å². The summed E-state index contributed by atoms with van der Waals surface area (Å²) in [5, 5.41) is 3.37. The monoisotopic (exact) mass is 279 g/mol. The van der Waals surface area contributed by atoms with Crippen LogP contribution in [-0.2, 0) is 9.31 Å². The van der Waals surface area contributed by atoms with E-state index in [1.54, 1.807) is 6.07 Å². The Hall–Kier alpha value is -1.60. The van der Waals surface area contributed by atoms with Gasteiger partial charge in [-0.3, -0.25) is 0 Å². The molecule has 0 amide bonds. The van der Waals surface area contributed by atoms with Crippen LogP contribution in [0, 0.1) is 5.82 Å². The Morgan fingerprint density at radius 3 is 2.20 bits per heavy atom. The van der Waals surface area contributed by atoms with E-state index in [0.717, 1.165) is 0 Å². The van der Waals surface area contributed by atoms with Gasteiger partial charge in [-0.1, -0.05) is 6.07 Å². The van der Waals surface area contributed by atoms with Gasteiger partial charge < -0.3 is 20.9 Å². The van der Waals surface area contributed by atoms with Gasteiger partial charge in [0.2, 0.25) is 0 Å². The molecular formula is C13H19BFN3O2. The first-order valence-electron chi connectivity index (χ1n) is 6.36. The van der Waals surface area contributed by atoms with Crippen molar-refractivity contribution in [1.29, 1.82) is 0 Å². The fraction of sp³-hybridized carbons (Fsp3) is 0.462. The van der Waals surface area contributed by atoms with E-state index < -0.39 is 24.1 Å². The zero-order valence-electron chi connectivity index (χ0n) is 12.1. The fourth-order valence-electron chi connectivity index (χ4n) is 1.95. The summed E-state index contributed by atoms with van der Waals surface area (Å²) in [5.74, 6) is 4.73. The maximum atomic E-state index is 13.7. The standard InChI is InChI=1S/C13H19BFN3O2/c1-12(2)13(3,4)20-14(19-12)9-5-8(11(16)18-17)6-10(15)7-9/h5-7H,17H2,1-4H3,(H2,16,18).